The van der Waals surface area contributed by atoms with Crippen LogP contribution in [0.25, 0.3) is 0 Å². The lowest BCUT2D eigenvalue weighted by molar-refractivity contribution is 0.197. The third kappa shape index (κ3) is 6.96. The summed E-state index contributed by atoms with van der Waals surface area (Å²) in [6, 6.07) is 1.99. The molecule has 110 valence electrons. The van der Waals surface area contributed by atoms with Gasteiger partial charge >= 0.3 is 0 Å². The zero-order chi connectivity index (χ0) is 14.3. The van der Waals surface area contributed by atoms with Crippen LogP contribution in [-0.4, -0.2) is 26.8 Å². The molecule has 0 fully saturated rings. The predicted molar refractivity (Wildman–Crippen MR) is 85.8 cm³/mol. The second-order valence-corrected chi connectivity index (χ2v) is 7.79. The van der Waals surface area contributed by atoms with E-state index in [1.54, 1.807) is 7.11 Å². The van der Waals surface area contributed by atoms with E-state index < -0.39 is 0 Å². The molecule has 0 spiro atoms. The maximum absolute atomic E-state index is 6.14. The Kier molecular flexibility index (Phi) is 7.70. The normalized spacial score (nSPS) is 12.1. The third-order valence-electron chi connectivity index (χ3n) is 3.26. The third-order valence-corrected chi connectivity index (χ3v) is 4.83. The number of methoxy groups -OCH3 is 1. The first-order valence-electron chi connectivity index (χ1n) is 6.58. The van der Waals surface area contributed by atoms with E-state index in [-0.39, 0.29) is 0 Å². The summed E-state index contributed by atoms with van der Waals surface area (Å²) >= 11 is 13.6. The highest BCUT2D eigenvalue weighted by Gasteiger charge is 2.18. The van der Waals surface area contributed by atoms with Crippen LogP contribution in [0.3, 0.4) is 0 Å². The number of thiophene rings is 1. The maximum Gasteiger partial charge on any atom is 0.0976 e. The van der Waals surface area contributed by atoms with Crippen molar-refractivity contribution < 1.29 is 4.74 Å². The van der Waals surface area contributed by atoms with E-state index in [0.29, 0.717) is 5.41 Å². The molecule has 0 atom stereocenters. The summed E-state index contributed by atoms with van der Waals surface area (Å²) in [6.07, 6.45) is 3.26. The van der Waals surface area contributed by atoms with Crippen molar-refractivity contribution in [2.45, 2.75) is 33.1 Å². The Hall–Kier alpha value is 0.200. The molecule has 0 aromatic carbocycles. The Balaban J connectivity index is 2.28. The van der Waals surface area contributed by atoms with Crippen LogP contribution >= 0.6 is 34.5 Å². The zero-order valence-corrected chi connectivity index (χ0v) is 14.2. The van der Waals surface area contributed by atoms with E-state index in [4.69, 9.17) is 27.9 Å². The van der Waals surface area contributed by atoms with Crippen molar-refractivity contribution in [1.82, 2.24) is 5.32 Å². The molecular weight excluding hydrogens is 301 g/mol. The lowest BCUT2D eigenvalue weighted by Crippen LogP contribution is -2.25. The molecule has 0 bridgehead atoms. The minimum atomic E-state index is 0.303. The molecule has 0 saturated heterocycles. The van der Waals surface area contributed by atoms with Crippen molar-refractivity contribution in [3.05, 3.63) is 20.3 Å². The van der Waals surface area contributed by atoms with Gasteiger partial charge in [-0.25, -0.2) is 0 Å². The summed E-state index contributed by atoms with van der Waals surface area (Å²) in [4.78, 5) is 0. The number of halogens is 2. The summed E-state index contributed by atoms with van der Waals surface area (Å²) < 4.78 is 6.62. The summed E-state index contributed by atoms with van der Waals surface area (Å²) in [5.74, 6) is 0. The van der Waals surface area contributed by atoms with Crippen LogP contribution < -0.4 is 5.32 Å². The van der Waals surface area contributed by atoms with E-state index in [9.17, 15) is 0 Å². The van der Waals surface area contributed by atoms with Gasteiger partial charge in [0.25, 0.3) is 0 Å². The quantitative estimate of drug-likeness (QED) is 0.668. The molecular formula is C14H23Cl2NOS. The first kappa shape index (κ1) is 17.3. The molecule has 0 saturated carbocycles. The Morgan fingerprint density at radius 1 is 1.26 bits per heavy atom. The number of nitrogens with one attached hydrogen (secondary N) is 1. The molecule has 0 aliphatic rings. The highest BCUT2D eigenvalue weighted by molar-refractivity contribution is 7.20. The van der Waals surface area contributed by atoms with Gasteiger partial charge in [0.2, 0.25) is 0 Å². The predicted octanol–water partition coefficient (Wildman–Crippen LogP) is 4.64. The summed E-state index contributed by atoms with van der Waals surface area (Å²) in [6.45, 7) is 7.30. The Labute approximate surface area is 130 Å². The van der Waals surface area contributed by atoms with Gasteiger partial charge in [-0.1, -0.05) is 37.0 Å². The Bertz CT molecular complexity index is 380. The first-order chi connectivity index (χ1) is 8.94. The summed E-state index contributed by atoms with van der Waals surface area (Å²) in [5.41, 5.74) is 1.48. The van der Waals surface area contributed by atoms with Crippen molar-refractivity contribution in [3.63, 3.8) is 0 Å². The minimum absolute atomic E-state index is 0.303. The van der Waals surface area contributed by atoms with Gasteiger partial charge in [0.15, 0.2) is 0 Å². The minimum Gasteiger partial charge on any atom is -0.383 e. The molecule has 19 heavy (non-hydrogen) atoms. The van der Waals surface area contributed by atoms with Crippen molar-refractivity contribution in [2.24, 2.45) is 5.41 Å². The second kappa shape index (κ2) is 8.48. The lowest BCUT2D eigenvalue weighted by Gasteiger charge is -2.24. The number of aryl methyl sites for hydroxylation is 1. The van der Waals surface area contributed by atoms with E-state index >= 15 is 0 Å². The fourth-order valence-corrected chi connectivity index (χ4v) is 3.41. The largest absolute Gasteiger partial charge is 0.383 e. The molecule has 1 aromatic rings. The number of hydrogen-bond donors (Lipinski definition) is 1. The molecule has 0 unspecified atom stereocenters. The van der Waals surface area contributed by atoms with Gasteiger partial charge in [-0.05, 0) is 42.9 Å². The van der Waals surface area contributed by atoms with Crippen LogP contribution in [-0.2, 0) is 11.2 Å². The van der Waals surface area contributed by atoms with Crippen molar-refractivity contribution in [2.75, 3.05) is 26.8 Å². The van der Waals surface area contributed by atoms with Crippen molar-refractivity contribution >= 4 is 34.5 Å². The molecule has 0 aliphatic carbocycles. The van der Waals surface area contributed by atoms with Crippen LogP contribution in [0, 0.1) is 5.41 Å². The molecule has 2 nitrogen and oxygen atoms in total. The van der Waals surface area contributed by atoms with Crippen LogP contribution in [0.5, 0.6) is 0 Å². The fourth-order valence-electron chi connectivity index (χ4n) is 1.87. The van der Waals surface area contributed by atoms with Gasteiger partial charge in [0.1, 0.15) is 0 Å². The highest BCUT2D eigenvalue weighted by atomic mass is 35.5. The lowest BCUT2D eigenvalue weighted by atomic mass is 9.83. The summed E-state index contributed by atoms with van der Waals surface area (Å²) in [7, 11) is 1.72. The van der Waals surface area contributed by atoms with E-state index in [1.807, 2.05) is 6.07 Å². The molecule has 1 aromatic heterocycles. The smallest absolute Gasteiger partial charge is 0.0976 e. The standard InChI is InChI=1S/C14H23Cl2NOS/c1-14(2,6-7-17-8-9-18-3)5-4-11-10-12(15)19-13(11)16/h10,17H,4-9H2,1-3H3. The highest BCUT2D eigenvalue weighted by Crippen LogP contribution is 2.34. The van der Waals surface area contributed by atoms with Crippen LogP contribution in [0.1, 0.15) is 32.3 Å². The van der Waals surface area contributed by atoms with Crippen molar-refractivity contribution in [3.8, 4) is 0 Å². The van der Waals surface area contributed by atoms with Crippen molar-refractivity contribution in [1.29, 1.82) is 0 Å². The number of ether oxygens (including phenoxy) is 1. The van der Waals surface area contributed by atoms with Gasteiger partial charge in [-0.15, -0.1) is 11.3 Å². The van der Waals surface area contributed by atoms with E-state index in [1.165, 1.54) is 16.9 Å². The Morgan fingerprint density at radius 2 is 2.00 bits per heavy atom. The van der Waals surface area contributed by atoms with Gasteiger partial charge < -0.3 is 10.1 Å². The number of rotatable bonds is 9. The molecule has 1 rings (SSSR count). The van der Waals surface area contributed by atoms with E-state index in [2.05, 4.69) is 19.2 Å². The summed E-state index contributed by atoms with van der Waals surface area (Å²) in [5, 5.41) is 3.39. The van der Waals surface area contributed by atoms with Gasteiger partial charge in [-0.2, -0.15) is 0 Å². The molecule has 0 radical (unpaired) electrons. The first-order valence-corrected chi connectivity index (χ1v) is 8.15. The molecule has 0 amide bonds. The van der Waals surface area contributed by atoms with Gasteiger partial charge in [0.05, 0.1) is 15.3 Å². The zero-order valence-electron chi connectivity index (χ0n) is 11.9. The maximum atomic E-state index is 6.14. The fraction of sp³-hybridized carbons (Fsp3) is 0.714. The molecule has 1 N–H and O–H groups in total. The SMILES string of the molecule is COCCNCCC(C)(C)CCc1cc(Cl)sc1Cl. The van der Waals surface area contributed by atoms with Crippen LogP contribution in [0.2, 0.25) is 8.67 Å². The second-order valence-electron chi connectivity index (χ2n) is 5.51. The Morgan fingerprint density at radius 3 is 2.58 bits per heavy atom. The monoisotopic (exact) mass is 323 g/mol. The molecule has 5 heteroatoms. The average molecular weight is 324 g/mol. The van der Waals surface area contributed by atoms with Gasteiger partial charge in [0, 0.05) is 13.7 Å². The average Bonchev–Trinajstić information content (AvgIpc) is 2.65. The van der Waals surface area contributed by atoms with Crippen LogP contribution in [0.4, 0.5) is 0 Å². The van der Waals surface area contributed by atoms with E-state index in [0.717, 1.165) is 47.6 Å². The molecule has 0 aliphatic heterocycles. The topological polar surface area (TPSA) is 21.3 Å². The van der Waals surface area contributed by atoms with Crippen LogP contribution in [0.15, 0.2) is 6.07 Å². The van der Waals surface area contributed by atoms with Gasteiger partial charge in [-0.3, -0.25) is 0 Å². The number of hydrogen-bond acceptors (Lipinski definition) is 3. The molecule has 1 heterocycles.